The van der Waals surface area contributed by atoms with Gasteiger partial charge < -0.3 is 39.6 Å². The predicted molar refractivity (Wildman–Crippen MR) is 347 cm³/mol. The summed E-state index contributed by atoms with van der Waals surface area (Å²) in [5, 5.41) is 22.2. The smallest absolute Gasteiger partial charge is 0.293 e. The highest BCUT2D eigenvalue weighted by atomic mass is 35.5. The van der Waals surface area contributed by atoms with Gasteiger partial charge in [-0.25, -0.2) is 18.1 Å². The van der Waals surface area contributed by atoms with Crippen molar-refractivity contribution in [2.45, 2.75) is 75.3 Å². The molecule has 5 aromatic carbocycles. The highest BCUT2D eigenvalue weighted by molar-refractivity contribution is 7.90. The zero-order chi connectivity index (χ0) is 64.8. The van der Waals surface area contributed by atoms with Gasteiger partial charge in [-0.3, -0.25) is 54.0 Å². The second kappa shape index (κ2) is 28.2. The summed E-state index contributed by atoms with van der Waals surface area (Å²) in [6, 6.07) is 29.7. The molecule has 0 bridgehead atoms. The number of aromatic nitrogens is 2. The average Bonchev–Trinajstić information content (AvgIpc) is 1.64. The van der Waals surface area contributed by atoms with Crippen LogP contribution < -0.4 is 35.0 Å². The molecular weight excluding hydrogens is 1230 g/mol. The van der Waals surface area contributed by atoms with Crippen LogP contribution in [-0.4, -0.2) is 152 Å². The number of piperazine rings is 1. The molecule has 5 aliphatic rings. The lowest BCUT2D eigenvalue weighted by Gasteiger charge is -2.37. The van der Waals surface area contributed by atoms with Crippen molar-refractivity contribution in [2.24, 2.45) is 11.8 Å². The molecule has 0 saturated carbocycles. The Morgan fingerprint density at radius 3 is 2.33 bits per heavy atom. The number of nitro benzene ring substituents is 1. The number of H-pyrrole nitrogens is 1. The summed E-state index contributed by atoms with van der Waals surface area (Å²) in [5.74, 6) is -1.62. The van der Waals surface area contributed by atoms with Gasteiger partial charge in [-0.1, -0.05) is 41.9 Å². The largest absolute Gasteiger partial charge is 0.493 e. The van der Waals surface area contributed by atoms with Crippen molar-refractivity contribution in [2.75, 3.05) is 87.7 Å². The third kappa shape index (κ3) is 14.6. The number of carbonyl (C=O) groups excluding carboxylic acids is 6. The maximum absolute atomic E-state index is 14.2. The summed E-state index contributed by atoms with van der Waals surface area (Å²) in [7, 11) is -4.64. The number of pyridine rings is 1. The van der Waals surface area contributed by atoms with Crippen molar-refractivity contribution in [1.82, 2.24) is 34.7 Å². The molecule has 1 unspecified atom stereocenters. The molecule has 7 heterocycles. The Balaban J connectivity index is 0.662. The van der Waals surface area contributed by atoms with E-state index in [1.165, 1.54) is 24.4 Å². The van der Waals surface area contributed by atoms with Crippen molar-refractivity contribution >= 4 is 90.9 Å². The maximum atomic E-state index is 14.2. The van der Waals surface area contributed by atoms with Gasteiger partial charge in [0, 0.05) is 131 Å². The van der Waals surface area contributed by atoms with E-state index in [1.807, 2.05) is 47.4 Å². The monoisotopic (exact) mass is 1300 g/mol. The SMILES string of the molecule is O=C1CCC(N2C(=O)c3cccc(NCCCCC(=O)N4CCC(COc5cccc(-c6ccc(Cl)cc6)c5CN5CCN(c6ccc(C(=O)NS(=O)(=O)c7ccc(NCC8CCOCC8)c([N+](=O)[O-])c7)c(Oc7cnc8[nH]ccc8c7)c6)CC5)CC4)c3C2=O)C(=O)N1. The standard InChI is InChI=1S/C67H70ClN11O13S/c68-46-12-10-44(11-13-46)50-5-4-8-58(91-41-43-21-27-77(28-22-43)61(81)9-1-2-25-69-55-7-3-6-52-62(55)67(85)78(66(52)84)56-18-19-60(80)73-65(56)83)53(50)40-75-29-31-76(32-30-75)47-14-16-51(59(36-47)92-48-35-45-20-26-70-63(45)72-39-48)64(82)74-93(88,89)49-15-17-54(57(37-49)79(86)87)71-38-42-23-33-90-34-24-42/h3-8,10-17,20,26,35-37,39,42-43,56,69,71H,1-2,9,18-19,21-25,27-34,38,40-41H2,(H,70,72)(H,74,82)(H,73,80,83). The van der Waals surface area contributed by atoms with Crippen LogP contribution in [0.15, 0.2) is 126 Å². The number of nitrogens with zero attached hydrogens (tertiary/aromatic N) is 6. The number of sulfonamides is 1. The van der Waals surface area contributed by atoms with Gasteiger partial charge in [-0.2, -0.15) is 0 Å². The summed E-state index contributed by atoms with van der Waals surface area (Å²) < 4.78 is 48.4. The third-order valence-electron chi connectivity index (χ3n) is 17.9. The number of unbranched alkanes of at least 4 members (excludes halogenated alkanes) is 1. The van der Waals surface area contributed by atoms with Crippen LogP contribution in [0.1, 0.15) is 94.4 Å². The van der Waals surface area contributed by atoms with Crippen molar-refractivity contribution in [3.05, 3.63) is 159 Å². The molecule has 0 spiro atoms. The number of hydrogen-bond donors (Lipinski definition) is 5. The van der Waals surface area contributed by atoms with E-state index in [9.17, 15) is 47.3 Å². The Hall–Kier alpha value is -9.43. The molecular formula is C67H70ClN11O13S. The lowest BCUT2D eigenvalue weighted by Crippen LogP contribution is -2.54. The number of amides is 6. The molecule has 7 aromatic rings. The first-order chi connectivity index (χ1) is 45.0. The summed E-state index contributed by atoms with van der Waals surface area (Å²) in [6.45, 7) is 6.78. The third-order valence-corrected chi connectivity index (χ3v) is 19.5. The fourth-order valence-corrected chi connectivity index (χ4v) is 13.8. The molecule has 4 saturated heterocycles. The fourth-order valence-electron chi connectivity index (χ4n) is 12.7. The molecule has 6 amide bonds. The molecule has 0 radical (unpaired) electrons. The van der Waals surface area contributed by atoms with E-state index >= 15 is 0 Å². The van der Waals surface area contributed by atoms with Gasteiger partial charge in [-0.15, -0.1) is 0 Å². The van der Waals surface area contributed by atoms with E-state index in [-0.39, 0.29) is 58.7 Å². The highest BCUT2D eigenvalue weighted by Gasteiger charge is 2.46. The Bertz CT molecular complexity index is 4130. The van der Waals surface area contributed by atoms with Crippen molar-refractivity contribution < 1.29 is 56.3 Å². The van der Waals surface area contributed by atoms with E-state index in [1.54, 1.807) is 42.6 Å². The zero-order valence-electron chi connectivity index (χ0n) is 50.9. The molecule has 2 aromatic heterocycles. The minimum Gasteiger partial charge on any atom is -0.493 e. The molecule has 5 aliphatic heterocycles. The molecule has 93 heavy (non-hydrogen) atoms. The topological polar surface area (TPSA) is 297 Å². The van der Waals surface area contributed by atoms with Gasteiger partial charge >= 0.3 is 0 Å². The number of fused-ring (bicyclic) bond motifs is 2. The number of piperidine rings is 2. The number of rotatable bonds is 23. The van der Waals surface area contributed by atoms with Gasteiger partial charge in [-0.05, 0) is 135 Å². The summed E-state index contributed by atoms with van der Waals surface area (Å²) in [4.78, 5) is 105. The molecule has 24 nitrogen and oxygen atoms in total. The van der Waals surface area contributed by atoms with Crippen molar-refractivity contribution in [1.29, 1.82) is 0 Å². The van der Waals surface area contributed by atoms with E-state index in [2.05, 4.69) is 46.5 Å². The predicted octanol–water partition coefficient (Wildman–Crippen LogP) is 9.16. The van der Waals surface area contributed by atoms with Gasteiger partial charge in [0.15, 0.2) is 0 Å². The minimum absolute atomic E-state index is 0.0340. The Morgan fingerprint density at radius 2 is 1.56 bits per heavy atom. The Labute approximate surface area is 541 Å². The number of ether oxygens (including phenoxy) is 3. The number of hydrogen-bond acceptors (Lipinski definition) is 18. The first-order valence-corrected chi connectivity index (χ1v) is 33.2. The van der Waals surface area contributed by atoms with E-state index < -0.39 is 61.1 Å². The molecule has 5 N–H and O–H groups in total. The number of nitro groups is 1. The van der Waals surface area contributed by atoms with Crippen LogP contribution in [0.25, 0.3) is 22.2 Å². The van der Waals surface area contributed by atoms with Crippen molar-refractivity contribution in [3.63, 3.8) is 0 Å². The van der Waals surface area contributed by atoms with Gasteiger partial charge in [0.05, 0.1) is 39.3 Å². The van der Waals surface area contributed by atoms with Crippen LogP contribution in [0.3, 0.4) is 0 Å². The Morgan fingerprint density at radius 1 is 0.785 bits per heavy atom. The van der Waals surface area contributed by atoms with E-state index in [0.717, 1.165) is 70.2 Å². The van der Waals surface area contributed by atoms with Crippen LogP contribution in [0, 0.1) is 22.0 Å². The van der Waals surface area contributed by atoms with Crippen LogP contribution >= 0.6 is 11.6 Å². The lowest BCUT2D eigenvalue weighted by molar-refractivity contribution is -0.384. The first kappa shape index (κ1) is 63.7. The number of nitrogens with one attached hydrogen (secondary N) is 5. The van der Waals surface area contributed by atoms with Crippen LogP contribution in [-0.2, 0) is 35.7 Å². The number of imide groups is 2. The molecule has 0 aliphatic carbocycles. The van der Waals surface area contributed by atoms with Crippen LogP contribution in [0.4, 0.5) is 22.7 Å². The first-order valence-electron chi connectivity index (χ1n) is 31.3. The number of benzene rings is 5. The second-order valence-corrected chi connectivity index (χ2v) is 26.0. The number of carbonyl (C=O) groups is 6. The molecule has 4 fully saturated rings. The molecule has 1 atom stereocenters. The quantitative estimate of drug-likeness (QED) is 0.0172. The number of likely N-dealkylation sites (tertiary alicyclic amines) is 1. The average molecular weight is 1300 g/mol. The maximum Gasteiger partial charge on any atom is 0.293 e. The number of anilines is 3. The normalized spacial score (nSPS) is 17.5. The number of aromatic amines is 1. The molecule has 484 valence electrons. The molecule has 26 heteroatoms. The number of halogens is 1. The summed E-state index contributed by atoms with van der Waals surface area (Å²) in [5.41, 5.74) is 4.84. The summed E-state index contributed by atoms with van der Waals surface area (Å²) >= 11 is 6.37. The fraction of sp³-hybridized carbons (Fsp3) is 0.358. The highest BCUT2D eigenvalue weighted by Crippen LogP contribution is 2.38. The minimum atomic E-state index is -4.64. The van der Waals surface area contributed by atoms with Gasteiger partial charge in [0.25, 0.3) is 33.4 Å². The zero-order valence-corrected chi connectivity index (χ0v) is 52.5. The van der Waals surface area contributed by atoms with E-state index in [4.69, 9.17) is 25.8 Å². The second-order valence-electron chi connectivity index (χ2n) is 23.9. The van der Waals surface area contributed by atoms with Crippen molar-refractivity contribution in [3.8, 4) is 28.4 Å². The van der Waals surface area contributed by atoms with E-state index in [0.29, 0.717) is 120 Å². The lowest BCUT2D eigenvalue weighted by atomic mass is 9.96. The Kier molecular flexibility index (Phi) is 19.3. The molecule has 12 rings (SSSR count). The van der Waals surface area contributed by atoms with Gasteiger partial charge in [0.1, 0.15) is 34.6 Å². The van der Waals surface area contributed by atoms with Crippen LogP contribution in [0.5, 0.6) is 17.2 Å². The van der Waals surface area contributed by atoms with Crippen LogP contribution in [0.2, 0.25) is 5.02 Å². The van der Waals surface area contributed by atoms with Gasteiger partial charge in [0.2, 0.25) is 17.7 Å². The summed E-state index contributed by atoms with van der Waals surface area (Å²) in [6.07, 6.45) is 8.07.